The Balaban J connectivity index is 2.30. The third-order valence-electron chi connectivity index (χ3n) is 2.36. The van der Waals surface area contributed by atoms with E-state index in [1.807, 2.05) is 13.0 Å². The van der Waals surface area contributed by atoms with Crippen LogP contribution in [0.15, 0.2) is 42.7 Å². The third-order valence-corrected chi connectivity index (χ3v) is 2.36. The molecule has 92 valence electrons. The minimum absolute atomic E-state index is 0.185. The van der Waals surface area contributed by atoms with Crippen molar-refractivity contribution in [2.24, 2.45) is 0 Å². The lowest BCUT2D eigenvalue weighted by Gasteiger charge is -2.08. The van der Waals surface area contributed by atoms with Crippen LogP contribution in [0, 0.1) is 0 Å². The van der Waals surface area contributed by atoms with Crippen molar-refractivity contribution >= 4 is 5.78 Å². The van der Waals surface area contributed by atoms with Crippen LogP contribution < -0.4 is 4.74 Å². The summed E-state index contributed by atoms with van der Waals surface area (Å²) in [4.78, 5) is 20.1. The molecule has 0 aliphatic heterocycles. The van der Waals surface area contributed by atoms with Crippen molar-refractivity contribution in [3.63, 3.8) is 0 Å². The molecule has 2 aromatic rings. The first-order valence-corrected chi connectivity index (χ1v) is 5.86. The zero-order chi connectivity index (χ0) is 12.8. The van der Waals surface area contributed by atoms with Crippen molar-refractivity contribution < 1.29 is 9.53 Å². The van der Waals surface area contributed by atoms with Gasteiger partial charge < -0.3 is 4.74 Å². The van der Waals surface area contributed by atoms with Gasteiger partial charge >= 0.3 is 0 Å². The Morgan fingerprint density at radius 3 is 2.61 bits per heavy atom. The largest absolute Gasteiger partial charge is 0.493 e. The van der Waals surface area contributed by atoms with Gasteiger partial charge in [0, 0.05) is 12.4 Å². The Labute approximate surface area is 106 Å². The molecule has 0 aliphatic carbocycles. The molecule has 2 rings (SSSR count). The summed E-state index contributed by atoms with van der Waals surface area (Å²) in [5.41, 5.74) is 0.497. The molecule has 0 spiro atoms. The van der Waals surface area contributed by atoms with Gasteiger partial charge in [-0.2, -0.15) is 0 Å². The average molecular weight is 242 g/mol. The van der Waals surface area contributed by atoms with Gasteiger partial charge in [0.15, 0.2) is 0 Å². The third kappa shape index (κ3) is 2.71. The lowest BCUT2D eigenvalue weighted by atomic mass is 10.1. The number of nitrogens with zero attached hydrogens (tertiary/aromatic N) is 2. The minimum atomic E-state index is -0.220. The van der Waals surface area contributed by atoms with Crippen molar-refractivity contribution in [2.75, 3.05) is 6.61 Å². The predicted molar refractivity (Wildman–Crippen MR) is 67.7 cm³/mol. The summed E-state index contributed by atoms with van der Waals surface area (Å²) in [6.45, 7) is 2.60. The van der Waals surface area contributed by atoms with Crippen molar-refractivity contribution in [3.05, 3.63) is 54.1 Å². The van der Waals surface area contributed by atoms with Crippen LogP contribution in [0.25, 0.3) is 0 Å². The molecule has 0 amide bonds. The van der Waals surface area contributed by atoms with E-state index in [2.05, 4.69) is 9.97 Å². The zero-order valence-corrected chi connectivity index (χ0v) is 10.2. The monoisotopic (exact) mass is 242 g/mol. The second kappa shape index (κ2) is 5.91. The highest BCUT2D eigenvalue weighted by atomic mass is 16.5. The molecule has 4 nitrogen and oxygen atoms in total. The normalized spacial score (nSPS) is 10.1. The number of para-hydroxylation sites is 1. The fourth-order valence-corrected chi connectivity index (χ4v) is 1.53. The molecule has 1 heterocycles. The van der Waals surface area contributed by atoms with E-state index < -0.39 is 0 Å². The number of hydrogen-bond donors (Lipinski definition) is 0. The minimum Gasteiger partial charge on any atom is -0.493 e. The van der Waals surface area contributed by atoms with Crippen LogP contribution >= 0.6 is 0 Å². The van der Waals surface area contributed by atoms with Gasteiger partial charge in [0.1, 0.15) is 5.75 Å². The summed E-state index contributed by atoms with van der Waals surface area (Å²) in [7, 11) is 0. The second-order valence-electron chi connectivity index (χ2n) is 3.75. The predicted octanol–water partition coefficient (Wildman–Crippen LogP) is 2.50. The molecule has 0 saturated heterocycles. The Kier molecular flexibility index (Phi) is 4.02. The van der Waals surface area contributed by atoms with Gasteiger partial charge in [-0.05, 0) is 24.6 Å². The number of ether oxygens (including phenoxy) is 1. The number of rotatable bonds is 5. The fraction of sp³-hybridized carbons (Fsp3) is 0.214. The van der Waals surface area contributed by atoms with Crippen molar-refractivity contribution in [1.29, 1.82) is 0 Å². The highest BCUT2D eigenvalue weighted by Gasteiger charge is 2.16. The van der Waals surface area contributed by atoms with Crippen LogP contribution in [0.3, 0.4) is 0 Å². The van der Waals surface area contributed by atoms with E-state index in [0.717, 1.165) is 6.42 Å². The maximum Gasteiger partial charge on any atom is 0.233 e. The molecule has 0 unspecified atom stereocenters. The maximum absolute atomic E-state index is 12.2. The molecule has 0 aliphatic rings. The highest BCUT2D eigenvalue weighted by Crippen LogP contribution is 2.20. The first-order chi connectivity index (χ1) is 8.83. The molecular weight excluding hydrogens is 228 g/mol. The van der Waals surface area contributed by atoms with E-state index in [1.165, 1.54) is 0 Å². The van der Waals surface area contributed by atoms with E-state index in [1.54, 1.807) is 36.7 Å². The van der Waals surface area contributed by atoms with Crippen LogP contribution in [0.5, 0.6) is 5.75 Å². The van der Waals surface area contributed by atoms with Crippen LogP contribution in [0.1, 0.15) is 29.5 Å². The average Bonchev–Trinajstić information content (AvgIpc) is 2.45. The Morgan fingerprint density at radius 2 is 1.89 bits per heavy atom. The SMILES string of the molecule is CCCOc1ccccc1C(=O)c1ncccn1. The van der Waals surface area contributed by atoms with Crippen LogP contribution in [0.2, 0.25) is 0 Å². The number of ketones is 1. The first-order valence-electron chi connectivity index (χ1n) is 5.86. The Hall–Kier alpha value is -2.23. The highest BCUT2D eigenvalue weighted by molar-refractivity contribution is 6.08. The maximum atomic E-state index is 12.2. The molecule has 0 N–H and O–H groups in total. The molecule has 0 atom stereocenters. The Morgan fingerprint density at radius 1 is 1.17 bits per heavy atom. The molecular formula is C14H14N2O2. The van der Waals surface area contributed by atoms with E-state index in [0.29, 0.717) is 17.9 Å². The standard InChI is InChI=1S/C14H14N2O2/c1-2-10-18-12-7-4-3-6-11(12)13(17)14-15-8-5-9-16-14/h3-9H,2,10H2,1H3. The van der Waals surface area contributed by atoms with Gasteiger partial charge in [0.2, 0.25) is 11.6 Å². The first kappa shape index (κ1) is 12.2. The lowest BCUT2D eigenvalue weighted by Crippen LogP contribution is -2.09. The number of hydrogen-bond acceptors (Lipinski definition) is 4. The van der Waals surface area contributed by atoms with E-state index in [4.69, 9.17) is 4.74 Å². The van der Waals surface area contributed by atoms with E-state index in [-0.39, 0.29) is 11.6 Å². The molecule has 1 aromatic carbocycles. The molecule has 1 aromatic heterocycles. The number of aromatic nitrogens is 2. The van der Waals surface area contributed by atoms with Gasteiger partial charge in [0.05, 0.1) is 12.2 Å². The summed E-state index contributed by atoms with van der Waals surface area (Å²) in [6, 6.07) is 8.83. The van der Waals surface area contributed by atoms with Crippen molar-refractivity contribution in [3.8, 4) is 5.75 Å². The zero-order valence-electron chi connectivity index (χ0n) is 10.2. The van der Waals surface area contributed by atoms with Gasteiger partial charge in [-0.15, -0.1) is 0 Å². The smallest absolute Gasteiger partial charge is 0.233 e. The van der Waals surface area contributed by atoms with Crippen LogP contribution in [-0.4, -0.2) is 22.4 Å². The summed E-state index contributed by atoms with van der Waals surface area (Å²) in [5.74, 6) is 0.546. The summed E-state index contributed by atoms with van der Waals surface area (Å²) >= 11 is 0. The topological polar surface area (TPSA) is 52.1 Å². The number of carbonyl (C=O) groups is 1. The molecule has 0 fully saturated rings. The molecule has 0 radical (unpaired) electrons. The van der Waals surface area contributed by atoms with E-state index >= 15 is 0 Å². The second-order valence-corrected chi connectivity index (χ2v) is 3.75. The summed E-state index contributed by atoms with van der Waals surface area (Å²) in [6.07, 6.45) is 4.00. The molecule has 4 heteroatoms. The summed E-state index contributed by atoms with van der Waals surface area (Å²) in [5, 5.41) is 0. The van der Waals surface area contributed by atoms with Crippen LogP contribution in [0.4, 0.5) is 0 Å². The number of carbonyl (C=O) groups excluding carboxylic acids is 1. The summed E-state index contributed by atoms with van der Waals surface area (Å²) < 4.78 is 5.55. The van der Waals surface area contributed by atoms with Gasteiger partial charge in [0.25, 0.3) is 0 Å². The van der Waals surface area contributed by atoms with Crippen molar-refractivity contribution in [1.82, 2.24) is 9.97 Å². The number of benzene rings is 1. The fourth-order valence-electron chi connectivity index (χ4n) is 1.53. The van der Waals surface area contributed by atoms with Gasteiger partial charge in [-0.25, -0.2) is 9.97 Å². The molecule has 0 bridgehead atoms. The molecule has 0 saturated carbocycles. The van der Waals surface area contributed by atoms with Crippen LogP contribution in [-0.2, 0) is 0 Å². The van der Waals surface area contributed by atoms with Gasteiger partial charge in [-0.1, -0.05) is 19.1 Å². The van der Waals surface area contributed by atoms with Crippen molar-refractivity contribution in [2.45, 2.75) is 13.3 Å². The lowest BCUT2D eigenvalue weighted by molar-refractivity contribution is 0.102. The molecule has 18 heavy (non-hydrogen) atoms. The van der Waals surface area contributed by atoms with E-state index in [9.17, 15) is 4.79 Å². The quantitative estimate of drug-likeness (QED) is 0.756. The Bertz CT molecular complexity index is 526. The van der Waals surface area contributed by atoms with Gasteiger partial charge in [-0.3, -0.25) is 4.79 Å².